The lowest BCUT2D eigenvalue weighted by molar-refractivity contribution is 0.599. The Bertz CT molecular complexity index is 490. The topological polar surface area (TPSA) is 51.8 Å². The van der Waals surface area contributed by atoms with Crippen LogP contribution in [0.15, 0.2) is 36.7 Å². The van der Waals surface area contributed by atoms with Crippen LogP contribution in [0.2, 0.25) is 5.02 Å². The van der Waals surface area contributed by atoms with Crippen molar-refractivity contribution in [1.82, 2.24) is 10.2 Å². The maximum atomic E-state index is 13.6. The Morgan fingerprint density at radius 1 is 1.25 bits per heavy atom. The van der Waals surface area contributed by atoms with Gasteiger partial charge in [0.2, 0.25) is 0 Å². The molecule has 1 unspecified atom stereocenters. The van der Waals surface area contributed by atoms with E-state index in [1.807, 2.05) is 0 Å². The summed E-state index contributed by atoms with van der Waals surface area (Å²) in [5.74, 6) is -0.420. The molecule has 3 nitrogen and oxygen atoms in total. The molecule has 0 saturated heterocycles. The lowest BCUT2D eigenvalue weighted by Gasteiger charge is -2.12. The molecule has 0 radical (unpaired) electrons. The molecule has 82 valence electrons. The molecule has 0 fully saturated rings. The molecule has 1 atom stereocenters. The predicted molar refractivity (Wildman–Crippen MR) is 59.5 cm³/mol. The van der Waals surface area contributed by atoms with Crippen molar-refractivity contribution in [3.05, 3.63) is 58.6 Å². The number of rotatable bonds is 2. The van der Waals surface area contributed by atoms with Gasteiger partial charge in [-0.2, -0.15) is 10.2 Å². The number of hydrogen-bond donors (Lipinski definition) is 1. The molecule has 2 aromatic rings. The van der Waals surface area contributed by atoms with Gasteiger partial charge in [-0.3, -0.25) is 0 Å². The molecule has 2 N–H and O–H groups in total. The van der Waals surface area contributed by atoms with Gasteiger partial charge in [0.1, 0.15) is 5.82 Å². The van der Waals surface area contributed by atoms with E-state index in [1.165, 1.54) is 18.5 Å². The fourth-order valence-corrected chi connectivity index (χ4v) is 1.58. The van der Waals surface area contributed by atoms with Crippen molar-refractivity contribution >= 4 is 11.6 Å². The molecular formula is C11H9ClFN3. The Kier molecular flexibility index (Phi) is 3.12. The number of nitrogens with zero attached hydrogens (tertiary/aromatic N) is 2. The number of aromatic nitrogens is 2. The minimum atomic E-state index is -0.562. The second-order valence-corrected chi connectivity index (χ2v) is 3.76. The summed E-state index contributed by atoms with van der Waals surface area (Å²) in [5, 5.41) is 7.69. The summed E-state index contributed by atoms with van der Waals surface area (Å²) in [7, 11) is 0. The molecule has 16 heavy (non-hydrogen) atoms. The highest BCUT2D eigenvalue weighted by atomic mass is 35.5. The molecule has 1 aromatic carbocycles. The van der Waals surface area contributed by atoms with Crippen molar-refractivity contribution in [2.45, 2.75) is 6.04 Å². The van der Waals surface area contributed by atoms with Crippen LogP contribution < -0.4 is 5.73 Å². The van der Waals surface area contributed by atoms with E-state index in [-0.39, 0.29) is 0 Å². The van der Waals surface area contributed by atoms with Gasteiger partial charge >= 0.3 is 0 Å². The van der Waals surface area contributed by atoms with Crippen LogP contribution in [0.1, 0.15) is 17.2 Å². The van der Waals surface area contributed by atoms with E-state index in [4.69, 9.17) is 17.3 Å². The van der Waals surface area contributed by atoms with Crippen molar-refractivity contribution in [3.63, 3.8) is 0 Å². The van der Waals surface area contributed by atoms with Gasteiger partial charge in [-0.25, -0.2) is 4.39 Å². The van der Waals surface area contributed by atoms with E-state index in [0.29, 0.717) is 16.1 Å². The van der Waals surface area contributed by atoms with Crippen molar-refractivity contribution in [2.75, 3.05) is 0 Å². The summed E-state index contributed by atoms with van der Waals surface area (Å²) in [6.07, 6.45) is 3.03. The Morgan fingerprint density at radius 3 is 2.69 bits per heavy atom. The third kappa shape index (κ3) is 2.18. The van der Waals surface area contributed by atoms with Crippen molar-refractivity contribution in [1.29, 1.82) is 0 Å². The zero-order valence-corrected chi connectivity index (χ0v) is 9.03. The SMILES string of the molecule is NC(c1ccnnc1)c1ccc(Cl)cc1F. The molecule has 2 rings (SSSR count). The quantitative estimate of drug-likeness (QED) is 0.872. The van der Waals surface area contributed by atoms with Crippen LogP contribution in [0.5, 0.6) is 0 Å². The van der Waals surface area contributed by atoms with Crippen molar-refractivity contribution < 1.29 is 4.39 Å². The monoisotopic (exact) mass is 237 g/mol. The Hall–Kier alpha value is -1.52. The van der Waals surface area contributed by atoms with Crippen LogP contribution in [0, 0.1) is 5.82 Å². The van der Waals surface area contributed by atoms with Crippen LogP contribution >= 0.6 is 11.6 Å². The van der Waals surface area contributed by atoms with Gasteiger partial charge in [0.05, 0.1) is 12.2 Å². The Morgan fingerprint density at radius 2 is 2.06 bits per heavy atom. The predicted octanol–water partition coefficient (Wildman–Crippen LogP) is 2.32. The average Bonchev–Trinajstić information content (AvgIpc) is 2.29. The average molecular weight is 238 g/mol. The van der Waals surface area contributed by atoms with E-state index in [2.05, 4.69) is 10.2 Å². The molecule has 0 aliphatic carbocycles. The number of benzene rings is 1. The fraction of sp³-hybridized carbons (Fsp3) is 0.0909. The largest absolute Gasteiger partial charge is 0.320 e. The zero-order valence-electron chi connectivity index (χ0n) is 8.27. The first-order valence-corrected chi connectivity index (χ1v) is 5.03. The maximum absolute atomic E-state index is 13.6. The first-order chi connectivity index (χ1) is 7.68. The van der Waals surface area contributed by atoms with Gasteiger partial charge in [0.25, 0.3) is 0 Å². The molecule has 0 aliphatic rings. The van der Waals surface area contributed by atoms with Gasteiger partial charge < -0.3 is 5.73 Å². The van der Waals surface area contributed by atoms with Crippen molar-refractivity contribution in [3.8, 4) is 0 Å². The van der Waals surface area contributed by atoms with Gasteiger partial charge in [-0.1, -0.05) is 17.7 Å². The first-order valence-electron chi connectivity index (χ1n) is 4.65. The Labute approximate surface area is 97.1 Å². The molecular weight excluding hydrogens is 229 g/mol. The molecule has 0 spiro atoms. The smallest absolute Gasteiger partial charge is 0.129 e. The lowest BCUT2D eigenvalue weighted by atomic mass is 10.0. The number of hydrogen-bond acceptors (Lipinski definition) is 3. The second-order valence-electron chi connectivity index (χ2n) is 3.32. The lowest BCUT2D eigenvalue weighted by Crippen LogP contribution is -2.14. The van der Waals surface area contributed by atoms with E-state index in [1.54, 1.807) is 18.2 Å². The fourth-order valence-electron chi connectivity index (χ4n) is 1.42. The molecule has 0 bridgehead atoms. The standard InChI is InChI=1S/C11H9ClFN3/c12-8-1-2-9(10(13)5-8)11(14)7-3-4-15-16-6-7/h1-6,11H,14H2. The summed E-state index contributed by atoms with van der Waals surface area (Å²) in [6.45, 7) is 0. The number of halogens is 2. The summed E-state index contributed by atoms with van der Waals surface area (Å²) in [5.41, 5.74) is 7.01. The molecule has 0 aliphatic heterocycles. The maximum Gasteiger partial charge on any atom is 0.129 e. The normalized spacial score (nSPS) is 12.4. The molecule has 0 saturated carbocycles. The van der Waals surface area contributed by atoms with Crippen molar-refractivity contribution in [2.24, 2.45) is 5.73 Å². The van der Waals surface area contributed by atoms with Crippen LogP contribution in [0.4, 0.5) is 4.39 Å². The van der Waals surface area contributed by atoms with Gasteiger partial charge in [0, 0.05) is 16.8 Å². The molecule has 1 aromatic heterocycles. The molecule has 1 heterocycles. The highest BCUT2D eigenvalue weighted by Gasteiger charge is 2.13. The minimum Gasteiger partial charge on any atom is -0.320 e. The third-order valence-corrected chi connectivity index (χ3v) is 2.50. The van der Waals surface area contributed by atoms with Crippen LogP contribution in [0.3, 0.4) is 0 Å². The zero-order chi connectivity index (χ0) is 11.5. The summed E-state index contributed by atoms with van der Waals surface area (Å²) in [6, 6.07) is 5.56. The summed E-state index contributed by atoms with van der Waals surface area (Å²) in [4.78, 5) is 0. The van der Waals surface area contributed by atoms with Gasteiger partial charge in [0.15, 0.2) is 0 Å². The third-order valence-electron chi connectivity index (χ3n) is 2.26. The molecule has 0 amide bonds. The van der Waals surface area contributed by atoms with Crippen LogP contribution in [0.25, 0.3) is 0 Å². The van der Waals surface area contributed by atoms with E-state index >= 15 is 0 Å². The van der Waals surface area contributed by atoms with Gasteiger partial charge in [-0.05, 0) is 23.8 Å². The highest BCUT2D eigenvalue weighted by Crippen LogP contribution is 2.23. The number of nitrogens with two attached hydrogens (primary N) is 1. The Balaban J connectivity index is 2.38. The highest BCUT2D eigenvalue weighted by molar-refractivity contribution is 6.30. The first kappa shape index (κ1) is 11.0. The van der Waals surface area contributed by atoms with Crippen LogP contribution in [-0.2, 0) is 0 Å². The summed E-state index contributed by atoms with van der Waals surface area (Å²) < 4.78 is 13.6. The van der Waals surface area contributed by atoms with E-state index < -0.39 is 11.9 Å². The molecule has 5 heteroatoms. The van der Waals surface area contributed by atoms with E-state index in [0.717, 1.165) is 0 Å². The summed E-state index contributed by atoms with van der Waals surface area (Å²) >= 11 is 5.66. The van der Waals surface area contributed by atoms with Gasteiger partial charge in [-0.15, -0.1) is 0 Å². The minimum absolute atomic E-state index is 0.348. The van der Waals surface area contributed by atoms with Crippen LogP contribution in [-0.4, -0.2) is 10.2 Å². The van der Waals surface area contributed by atoms with E-state index in [9.17, 15) is 4.39 Å². The second kappa shape index (κ2) is 4.55.